The zero-order chi connectivity index (χ0) is 17.2. The number of hydrogen-bond acceptors (Lipinski definition) is 4. The van der Waals surface area contributed by atoms with Crippen molar-refractivity contribution in [3.63, 3.8) is 0 Å². The number of carbonyl (C=O) groups is 1. The summed E-state index contributed by atoms with van der Waals surface area (Å²) in [6, 6.07) is 16.7. The van der Waals surface area contributed by atoms with Gasteiger partial charge in [0, 0.05) is 34.0 Å². The SMILES string of the molecule is COc1cccc(Sc2ccc(C(=O)NC3CC4CC3CN4)cc2)c1. The molecule has 1 saturated carbocycles. The summed E-state index contributed by atoms with van der Waals surface area (Å²) in [7, 11) is 1.67. The van der Waals surface area contributed by atoms with Crippen molar-refractivity contribution in [3.8, 4) is 5.75 Å². The topological polar surface area (TPSA) is 50.4 Å². The maximum Gasteiger partial charge on any atom is 0.251 e. The minimum Gasteiger partial charge on any atom is -0.497 e. The molecule has 130 valence electrons. The predicted octanol–water partition coefficient (Wildman–Crippen LogP) is 3.33. The molecular formula is C20H22N2O2S. The van der Waals surface area contributed by atoms with Crippen LogP contribution in [-0.2, 0) is 0 Å². The van der Waals surface area contributed by atoms with Crippen LogP contribution < -0.4 is 15.4 Å². The number of ether oxygens (including phenoxy) is 1. The Kier molecular flexibility index (Phi) is 4.68. The van der Waals surface area contributed by atoms with E-state index in [1.165, 1.54) is 6.42 Å². The number of carbonyl (C=O) groups excluding carboxylic acids is 1. The fourth-order valence-electron chi connectivity index (χ4n) is 3.74. The summed E-state index contributed by atoms with van der Waals surface area (Å²) >= 11 is 1.66. The van der Waals surface area contributed by atoms with Crippen LogP contribution in [-0.4, -0.2) is 31.6 Å². The van der Waals surface area contributed by atoms with Gasteiger partial charge in [0.1, 0.15) is 5.75 Å². The quantitative estimate of drug-likeness (QED) is 0.865. The van der Waals surface area contributed by atoms with Crippen molar-refractivity contribution in [3.05, 3.63) is 54.1 Å². The van der Waals surface area contributed by atoms with E-state index in [4.69, 9.17) is 4.74 Å². The lowest BCUT2D eigenvalue weighted by Crippen LogP contribution is -2.44. The molecule has 5 heteroatoms. The Labute approximate surface area is 152 Å². The summed E-state index contributed by atoms with van der Waals surface area (Å²) in [5, 5.41) is 6.68. The van der Waals surface area contributed by atoms with Gasteiger partial charge in [0.15, 0.2) is 0 Å². The van der Waals surface area contributed by atoms with Crippen molar-refractivity contribution in [2.75, 3.05) is 13.7 Å². The van der Waals surface area contributed by atoms with Crippen LogP contribution in [0.4, 0.5) is 0 Å². The van der Waals surface area contributed by atoms with Crippen LogP contribution in [0.5, 0.6) is 5.75 Å². The maximum absolute atomic E-state index is 12.5. The third-order valence-corrected chi connectivity index (χ3v) is 6.07. The Bertz CT molecular complexity index is 763. The Balaban J connectivity index is 1.38. The van der Waals surface area contributed by atoms with Gasteiger partial charge in [-0.25, -0.2) is 0 Å². The van der Waals surface area contributed by atoms with Gasteiger partial charge >= 0.3 is 0 Å². The van der Waals surface area contributed by atoms with Gasteiger partial charge in [-0.15, -0.1) is 0 Å². The van der Waals surface area contributed by atoms with Crippen LogP contribution in [0.1, 0.15) is 23.2 Å². The minimum atomic E-state index is 0.0375. The molecule has 3 unspecified atom stereocenters. The van der Waals surface area contributed by atoms with Gasteiger partial charge in [-0.3, -0.25) is 4.79 Å². The average Bonchev–Trinajstić information content (AvgIpc) is 3.25. The van der Waals surface area contributed by atoms with Gasteiger partial charge in [0.25, 0.3) is 5.91 Å². The largest absolute Gasteiger partial charge is 0.497 e. The average molecular weight is 354 g/mol. The van der Waals surface area contributed by atoms with Gasteiger partial charge in [0.2, 0.25) is 0 Å². The summed E-state index contributed by atoms with van der Waals surface area (Å²) in [6.45, 7) is 1.03. The lowest BCUT2D eigenvalue weighted by Gasteiger charge is -2.23. The molecule has 4 rings (SSSR count). The Morgan fingerprint density at radius 2 is 2.00 bits per heavy atom. The first-order valence-corrected chi connectivity index (χ1v) is 9.49. The van der Waals surface area contributed by atoms with Crippen molar-refractivity contribution in [2.24, 2.45) is 5.92 Å². The summed E-state index contributed by atoms with van der Waals surface area (Å²) in [5.41, 5.74) is 0.728. The first kappa shape index (κ1) is 16.5. The van der Waals surface area contributed by atoms with E-state index in [-0.39, 0.29) is 5.91 Å². The molecule has 25 heavy (non-hydrogen) atoms. The zero-order valence-electron chi connectivity index (χ0n) is 14.2. The molecule has 0 aromatic heterocycles. The van der Waals surface area contributed by atoms with E-state index in [9.17, 15) is 4.79 Å². The lowest BCUT2D eigenvalue weighted by molar-refractivity contribution is 0.0925. The minimum absolute atomic E-state index is 0.0375. The number of nitrogens with one attached hydrogen (secondary N) is 2. The number of hydrogen-bond donors (Lipinski definition) is 2. The van der Waals surface area contributed by atoms with Crippen molar-refractivity contribution >= 4 is 17.7 Å². The van der Waals surface area contributed by atoms with Crippen molar-refractivity contribution < 1.29 is 9.53 Å². The molecule has 2 fully saturated rings. The molecule has 0 radical (unpaired) electrons. The number of methoxy groups -OCH3 is 1. The van der Waals surface area contributed by atoms with E-state index in [2.05, 4.69) is 16.7 Å². The third-order valence-electron chi connectivity index (χ3n) is 5.07. The highest BCUT2D eigenvalue weighted by atomic mass is 32.2. The number of rotatable bonds is 5. The molecule has 2 aliphatic rings. The molecule has 1 aliphatic carbocycles. The fraction of sp³-hybridized carbons (Fsp3) is 0.350. The monoisotopic (exact) mass is 354 g/mol. The number of benzene rings is 2. The van der Waals surface area contributed by atoms with Gasteiger partial charge in [-0.05, 0) is 61.2 Å². The molecule has 2 N–H and O–H groups in total. The fourth-order valence-corrected chi connectivity index (χ4v) is 4.60. The van der Waals surface area contributed by atoms with Gasteiger partial charge in [0.05, 0.1) is 7.11 Å². The Morgan fingerprint density at radius 1 is 1.16 bits per heavy atom. The molecule has 0 spiro atoms. The second kappa shape index (κ2) is 7.10. The first-order valence-electron chi connectivity index (χ1n) is 8.67. The van der Waals surface area contributed by atoms with Crippen LogP contribution in [0.2, 0.25) is 0 Å². The predicted molar refractivity (Wildman–Crippen MR) is 99.3 cm³/mol. The molecule has 1 saturated heterocycles. The van der Waals surface area contributed by atoms with Crippen LogP contribution in [0.3, 0.4) is 0 Å². The standard InChI is InChI=1S/C20H22N2O2S/c1-24-16-3-2-4-18(11-16)25-17-7-5-13(6-8-17)20(23)22-19-10-15-9-14(19)12-21-15/h2-8,11,14-15,19,21H,9-10,12H2,1H3,(H,22,23). The Hall–Kier alpha value is -1.98. The van der Waals surface area contributed by atoms with E-state index >= 15 is 0 Å². The number of amides is 1. The number of piperidine rings is 1. The molecule has 3 atom stereocenters. The van der Waals surface area contributed by atoms with E-state index in [1.54, 1.807) is 18.9 Å². The van der Waals surface area contributed by atoms with Gasteiger partial charge in [-0.1, -0.05) is 17.8 Å². The van der Waals surface area contributed by atoms with Crippen molar-refractivity contribution in [1.29, 1.82) is 0 Å². The van der Waals surface area contributed by atoms with Gasteiger partial charge in [-0.2, -0.15) is 0 Å². The first-order chi connectivity index (χ1) is 12.2. The maximum atomic E-state index is 12.5. The second-order valence-corrected chi connectivity index (χ2v) is 7.87. The number of fused-ring (bicyclic) bond motifs is 2. The molecule has 2 aromatic rings. The van der Waals surface area contributed by atoms with Crippen LogP contribution in [0, 0.1) is 5.92 Å². The highest BCUT2D eigenvalue weighted by molar-refractivity contribution is 7.99. The van der Waals surface area contributed by atoms with E-state index in [0.29, 0.717) is 18.0 Å². The molecule has 2 bridgehead atoms. The molecule has 2 aromatic carbocycles. The molecule has 1 aliphatic heterocycles. The molecule has 1 amide bonds. The molecule has 1 heterocycles. The summed E-state index contributed by atoms with van der Waals surface area (Å²) in [6.07, 6.45) is 2.25. The third kappa shape index (κ3) is 3.67. The lowest BCUT2D eigenvalue weighted by atomic mass is 10.0. The van der Waals surface area contributed by atoms with Crippen LogP contribution >= 0.6 is 11.8 Å². The summed E-state index contributed by atoms with van der Waals surface area (Å²) in [4.78, 5) is 14.7. The van der Waals surface area contributed by atoms with Crippen LogP contribution in [0.15, 0.2) is 58.3 Å². The van der Waals surface area contributed by atoms with E-state index < -0.39 is 0 Å². The molecular weight excluding hydrogens is 332 g/mol. The van der Waals surface area contributed by atoms with Crippen molar-refractivity contribution in [1.82, 2.24) is 10.6 Å². The zero-order valence-corrected chi connectivity index (χ0v) is 15.0. The summed E-state index contributed by atoms with van der Waals surface area (Å²) in [5.74, 6) is 1.48. The molecule has 4 nitrogen and oxygen atoms in total. The normalized spacial score (nSPS) is 24.3. The van der Waals surface area contributed by atoms with E-state index in [0.717, 1.165) is 34.1 Å². The summed E-state index contributed by atoms with van der Waals surface area (Å²) < 4.78 is 5.26. The van der Waals surface area contributed by atoms with Crippen molar-refractivity contribution in [2.45, 2.75) is 34.7 Å². The van der Waals surface area contributed by atoms with E-state index in [1.807, 2.05) is 42.5 Å². The highest BCUT2D eigenvalue weighted by Gasteiger charge is 2.39. The van der Waals surface area contributed by atoms with Crippen LogP contribution in [0.25, 0.3) is 0 Å². The highest BCUT2D eigenvalue weighted by Crippen LogP contribution is 2.32. The smallest absolute Gasteiger partial charge is 0.251 e. The Morgan fingerprint density at radius 3 is 2.68 bits per heavy atom. The second-order valence-electron chi connectivity index (χ2n) is 6.72. The van der Waals surface area contributed by atoms with Gasteiger partial charge < -0.3 is 15.4 Å².